The predicted molar refractivity (Wildman–Crippen MR) is 158 cm³/mol. The highest BCUT2D eigenvalue weighted by atomic mass is 79.9. The Morgan fingerprint density at radius 1 is 0.925 bits per heavy atom. The van der Waals surface area contributed by atoms with Crippen LogP contribution >= 0.6 is 27.7 Å². The molecule has 1 heterocycles. The number of rotatable bonds is 12. The third-order valence-electron chi connectivity index (χ3n) is 5.93. The zero-order valence-electron chi connectivity index (χ0n) is 22.2. The zero-order valence-corrected chi connectivity index (χ0v) is 24.6. The van der Waals surface area contributed by atoms with Gasteiger partial charge in [-0.2, -0.15) is 0 Å². The number of methoxy groups -OCH3 is 3. The van der Waals surface area contributed by atoms with Gasteiger partial charge in [-0.15, -0.1) is 0 Å². The standard InChI is InChI=1S/C29H28BrN3O6S/c1-37-15-5-14-33-28(35)25(31-19-10-8-18(30)9-11-19)26(29(33)36)40-22-7-4-6-20(16-22)32-27(34)23-13-12-21(38-2)17-24(23)39-3/h4,6-13,16-17,31H,5,14-15H2,1-3H3,(H,32,34). The van der Waals surface area contributed by atoms with Gasteiger partial charge >= 0.3 is 0 Å². The van der Waals surface area contributed by atoms with Gasteiger partial charge in [0.25, 0.3) is 17.7 Å². The molecule has 0 atom stereocenters. The third-order valence-corrected chi connectivity index (χ3v) is 7.54. The van der Waals surface area contributed by atoms with E-state index in [0.717, 1.165) is 16.2 Å². The van der Waals surface area contributed by atoms with E-state index >= 15 is 0 Å². The Morgan fingerprint density at radius 2 is 1.70 bits per heavy atom. The lowest BCUT2D eigenvalue weighted by Crippen LogP contribution is -2.33. The van der Waals surface area contributed by atoms with E-state index in [1.54, 1.807) is 43.5 Å². The summed E-state index contributed by atoms with van der Waals surface area (Å²) in [7, 11) is 4.59. The normalized spacial score (nSPS) is 13.1. The summed E-state index contributed by atoms with van der Waals surface area (Å²) in [6.07, 6.45) is 0.522. The van der Waals surface area contributed by atoms with Crippen molar-refractivity contribution in [2.75, 3.05) is 45.1 Å². The minimum absolute atomic E-state index is 0.201. The van der Waals surface area contributed by atoms with Gasteiger partial charge in [0.05, 0.1) is 19.8 Å². The molecule has 0 unspecified atom stereocenters. The average molecular weight is 627 g/mol. The first kappa shape index (κ1) is 29.2. The second-order valence-electron chi connectivity index (χ2n) is 8.59. The van der Waals surface area contributed by atoms with E-state index in [9.17, 15) is 14.4 Å². The van der Waals surface area contributed by atoms with Crippen LogP contribution in [0.1, 0.15) is 16.8 Å². The monoisotopic (exact) mass is 625 g/mol. The average Bonchev–Trinajstić information content (AvgIpc) is 3.17. The maximum Gasteiger partial charge on any atom is 0.278 e. The lowest BCUT2D eigenvalue weighted by Gasteiger charge is -2.14. The second kappa shape index (κ2) is 13.5. The summed E-state index contributed by atoms with van der Waals surface area (Å²) >= 11 is 4.56. The first-order valence-electron chi connectivity index (χ1n) is 12.3. The van der Waals surface area contributed by atoms with Gasteiger partial charge in [-0.1, -0.05) is 33.8 Å². The SMILES string of the molecule is COCCCN1C(=O)C(Nc2ccc(Br)cc2)=C(Sc2cccc(NC(=O)c3ccc(OC)cc3OC)c2)C1=O. The molecule has 11 heteroatoms. The number of benzene rings is 3. The van der Waals surface area contributed by atoms with Crippen molar-refractivity contribution < 1.29 is 28.6 Å². The fourth-order valence-electron chi connectivity index (χ4n) is 3.95. The smallest absolute Gasteiger partial charge is 0.278 e. The van der Waals surface area contributed by atoms with E-state index in [1.807, 2.05) is 30.3 Å². The van der Waals surface area contributed by atoms with Gasteiger partial charge in [-0.05, 0) is 61.0 Å². The maximum atomic E-state index is 13.4. The Hall–Kier alpha value is -3.80. The van der Waals surface area contributed by atoms with Gasteiger partial charge in [0.1, 0.15) is 22.1 Å². The highest BCUT2D eigenvalue weighted by Gasteiger charge is 2.38. The lowest BCUT2D eigenvalue weighted by atomic mass is 10.1. The van der Waals surface area contributed by atoms with E-state index in [-0.39, 0.29) is 29.0 Å². The number of imide groups is 1. The Labute approximate surface area is 245 Å². The minimum atomic E-state index is -0.400. The quantitative estimate of drug-likeness (QED) is 0.200. The van der Waals surface area contributed by atoms with Crippen LogP contribution in [0.25, 0.3) is 0 Å². The molecule has 1 aliphatic heterocycles. The van der Waals surface area contributed by atoms with E-state index in [4.69, 9.17) is 14.2 Å². The number of nitrogens with zero attached hydrogens (tertiary/aromatic N) is 1. The highest BCUT2D eigenvalue weighted by molar-refractivity contribution is 9.10. The van der Waals surface area contributed by atoms with Gasteiger partial charge in [0.15, 0.2) is 0 Å². The third kappa shape index (κ3) is 6.85. The van der Waals surface area contributed by atoms with Crippen molar-refractivity contribution in [2.45, 2.75) is 11.3 Å². The number of carbonyl (C=O) groups excluding carboxylic acids is 3. The number of amides is 3. The molecule has 4 rings (SSSR count). The molecule has 0 aliphatic carbocycles. The molecule has 0 radical (unpaired) electrons. The van der Waals surface area contributed by atoms with Crippen molar-refractivity contribution in [1.82, 2.24) is 4.90 Å². The molecular weight excluding hydrogens is 598 g/mol. The largest absolute Gasteiger partial charge is 0.497 e. The summed E-state index contributed by atoms with van der Waals surface area (Å²) in [4.78, 5) is 41.9. The van der Waals surface area contributed by atoms with Gasteiger partial charge in [-0.25, -0.2) is 0 Å². The number of carbonyl (C=O) groups is 3. The van der Waals surface area contributed by atoms with Crippen molar-refractivity contribution >= 4 is 56.8 Å². The number of hydrogen-bond acceptors (Lipinski definition) is 8. The zero-order chi connectivity index (χ0) is 28.6. The van der Waals surface area contributed by atoms with Gasteiger partial charge < -0.3 is 24.8 Å². The van der Waals surface area contributed by atoms with Crippen LogP contribution < -0.4 is 20.1 Å². The van der Waals surface area contributed by atoms with E-state index in [0.29, 0.717) is 46.4 Å². The minimum Gasteiger partial charge on any atom is -0.497 e. The van der Waals surface area contributed by atoms with Crippen LogP contribution in [0, 0.1) is 0 Å². The number of nitrogens with one attached hydrogen (secondary N) is 2. The van der Waals surface area contributed by atoms with Crippen molar-refractivity contribution in [3.63, 3.8) is 0 Å². The summed E-state index contributed by atoms with van der Waals surface area (Å²) in [5.41, 5.74) is 1.73. The van der Waals surface area contributed by atoms with Crippen LogP contribution in [0.4, 0.5) is 11.4 Å². The van der Waals surface area contributed by atoms with Crippen LogP contribution in [0.5, 0.6) is 11.5 Å². The number of hydrogen-bond donors (Lipinski definition) is 2. The van der Waals surface area contributed by atoms with Gasteiger partial charge in [-0.3, -0.25) is 19.3 Å². The Morgan fingerprint density at radius 3 is 2.40 bits per heavy atom. The molecule has 3 amide bonds. The molecule has 0 saturated carbocycles. The Bertz CT molecular complexity index is 1440. The van der Waals surface area contributed by atoms with Gasteiger partial charge in [0, 0.05) is 47.1 Å². The van der Waals surface area contributed by atoms with Crippen LogP contribution in [0.2, 0.25) is 0 Å². The highest BCUT2D eigenvalue weighted by Crippen LogP contribution is 2.37. The van der Waals surface area contributed by atoms with E-state index in [2.05, 4.69) is 26.6 Å². The molecule has 3 aromatic rings. The van der Waals surface area contributed by atoms with Crippen LogP contribution in [0.15, 0.2) is 86.7 Å². The number of anilines is 2. The number of ether oxygens (including phenoxy) is 3. The van der Waals surface area contributed by atoms with E-state index in [1.165, 1.54) is 19.1 Å². The fraction of sp³-hybridized carbons (Fsp3) is 0.207. The first-order chi connectivity index (χ1) is 19.3. The van der Waals surface area contributed by atoms with Crippen molar-refractivity contribution in [3.8, 4) is 11.5 Å². The molecule has 40 heavy (non-hydrogen) atoms. The molecule has 0 spiro atoms. The van der Waals surface area contributed by atoms with Gasteiger partial charge in [0.2, 0.25) is 0 Å². The molecule has 0 aromatic heterocycles. The second-order valence-corrected chi connectivity index (χ2v) is 10.6. The molecule has 0 bridgehead atoms. The topological polar surface area (TPSA) is 106 Å². The molecule has 0 saturated heterocycles. The Balaban J connectivity index is 1.58. The first-order valence-corrected chi connectivity index (χ1v) is 13.9. The van der Waals surface area contributed by atoms with Crippen LogP contribution in [0.3, 0.4) is 0 Å². The molecule has 2 N–H and O–H groups in total. The van der Waals surface area contributed by atoms with Crippen LogP contribution in [-0.4, -0.2) is 57.1 Å². The molecular formula is C29H28BrN3O6S. The van der Waals surface area contributed by atoms with Crippen molar-refractivity contribution in [1.29, 1.82) is 0 Å². The van der Waals surface area contributed by atoms with E-state index < -0.39 is 5.91 Å². The molecule has 1 aliphatic rings. The molecule has 208 valence electrons. The fourth-order valence-corrected chi connectivity index (χ4v) is 5.22. The van der Waals surface area contributed by atoms with Crippen molar-refractivity contribution in [2.24, 2.45) is 0 Å². The Kier molecular flexibility index (Phi) is 9.86. The maximum absolute atomic E-state index is 13.4. The summed E-state index contributed by atoms with van der Waals surface area (Å²) < 4.78 is 16.5. The van der Waals surface area contributed by atoms with Crippen molar-refractivity contribution in [3.05, 3.63) is 87.4 Å². The summed E-state index contributed by atoms with van der Waals surface area (Å²) in [5, 5.41) is 6.00. The summed E-state index contributed by atoms with van der Waals surface area (Å²) in [6, 6.07) is 19.3. The molecule has 3 aromatic carbocycles. The molecule has 9 nitrogen and oxygen atoms in total. The number of thioether (sulfide) groups is 1. The summed E-state index contributed by atoms with van der Waals surface area (Å²) in [6.45, 7) is 0.663. The van der Waals surface area contributed by atoms with Crippen LogP contribution in [-0.2, 0) is 14.3 Å². The molecule has 0 fully saturated rings. The number of halogens is 1. The predicted octanol–water partition coefficient (Wildman–Crippen LogP) is 5.54. The lowest BCUT2D eigenvalue weighted by molar-refractivity contribution is -0.137. The summed E-state index contributed by atoms with van der Waals surface area (Å²) in [5.74, 6) is -0.208.